The van der Waals surface area contributed by atoms with Crippen LogP contribution in [-0.4, -0.2) is 54.2 Å². The number of rotatable bonds is 14. The van der Waals surface area contributed by atoms with Crippen LogP contribution in [0.3, 0.4) is 0 Å². The molecule has 4 atom stereocenters. The first-order valence-electron chi connectivity index (χ1n) is 9.74. The molecule has 1 fully saturated rings. The Bertz CT molecular complexity index is 546. The lowest BCUT2D eigenvalue weighted by Gasteiger charge is -2.26. The predicted molar refractivity (Wildman–Crippen MR) is 100 cm³/mol. The second-order valence-corrected chi connectivity index (χ2v) is 7.18. The molecule has 0 aliphatic carbocycles. The lowest BCUT2D eigenvalue weighted by atomic mass is 10.0. The highest BCUT2D eigenvalue weighted by molar-refractivity contribution is 5.87. The molecule has 0 amide bonds. The molecule has 8 heteroatoms. The number of unbranched alkanes of at least 4 members (excludes halogenated alkanes) is 5. The van der Waals surface area contributed by atoms with Gasteiger partial charge in [0.25, 0.3) is 6.47 Å². The van der Waals surface area contributed by atoms with Crippen LogP contribution in [0.25, 0.3) is 0 Å². The van der Waals surface area contributed by atoms with Gasteiger partial charge in [-0.05, 0) is 13.3 Å². The van der Waals surface area contributed by atoms with E-state index in [1.807, 2.05) is 0 Å². The number of hydrogen-bond donors (Lipinski definition) is 1. The number of carbonyl (C=O) groups is 3. The van der Waals surface area contributed by atoms with Gasteiger partial charge in [-0.25, -0.2) is 4.79 Å². The minimum Gasteiger partial charge on any atom is -0.478 e. The quantitative estimate of drug-likeness (QED) is 0.205. The average Bonchev–Trinajstić information content (AvgIpc) is 2.96. The molecular formula is C20H32O8. The number of carboxylic acids is 1. The van der Waals surface area contributed by atoms with Crippen molar-refractivity contribution < 1.29 is 38.4 Å². The third-order valence-electron chi connectivity index (χ3n) is 4.67. The van der Waals surface area contributed by atoms with Crippen molar-refractivity contribution in [2.75, 3.05) is 6.61 Å². The molecule has 0 spiro atoms. The summed E-state index contributed by atoms with van der Waals surface area (Å²) in [5.41, 5.74) is -0.330. The van der Waals surface area contributed by atoms with Gasteiger partial charge in [0.15, 0.2) is 11.9 Å². The molecule has 1 aliphatic heterocycles. The lowest BCUT2D eigenvalue weighted by Crippen LogP contribution is -2.43. The normalized spacial score (nSPS) is 25.1. The third-order valence-corrected chi connectivity index (χ3v) is 4.67. The Labute approximate surface area is 166 Å². The highest BCUT2D eigenvalue weighted by Crippen LogP contribution is 2.37. The first kappa shape index (κ1) is 24.1. The summed E-state index contributed by atoms with van der Waals surface area (Å²) in [5, 5.41) is 9.29. The molecule has 1 saturated heterocycles. The van der Waals surface area contributed by atoms with E-state index >= 15 is 0 Å². The molecule has 1 N–H and O–H groups in total. The number of ether oxygens (including phenoxy) is 4. The van der Waals surface area contributed by atoms with E-state index in [4.69, 9.17) is 18.9 Å². The highest BCUT2D eigenvalue weighted by atomic mass is 16.8. The van der Waals surface area contributed by atoms with Crippen LogP contribution in [0.5, 0.6) is 0 Å². The highest BCUT2D eigenvalue weighted by Gasteiger charge is 2.50. The Kier molecular flexibility index (Phi) is 10.2. The van der Waals surface area contributed by atoms with Gasteiger partial charge in [0.2, 0.25) is 0 Å². The van der Waals surface area contributed by atoms with Gasteiger partial charge in [-0.1, -0.05) is 45.6 Å². The molecule has 8 nitrogen and oxygen atoms in total. The van der Waals surface area contributed by atoms with Crippen LogP contribution in [-0.2, 0) is 33.3 Å². The summed E-state index contributed by atoms with van der Waals surface area (Å²) in [6, 6.07) is 0. The van der Waals surface area contributed by atoms with E-state index in [0.717, 1.165) is 19.3 Å². The maximum atomic E-state index is 11.5. The molecule has 0 radical (unpaired) electrons. The van der Waals surface area contributed by atoms with Crippen molar-refractivity contribution >= 4 is 18.4 Å². The number of esters is 1. The van der Waals surface area contributed by atoms with Gasteiger partial charge in [-0.2, -0.15) is 0 Å². The average molecular weight is 400 g/mol. The molecule has 1 heterocycles. The van der Waals surface area contributed by atoms with Crippen LogP contribution in [0.1, 0.15) is 65.7 Å². The van der Waals surface area contributed by atoms with Gasteiger partial charge in [-0.15, -0.1) is 0 Å². The van der Waals surface area contributed by atoms with Crippen LogP contribution < -0.4 is 0 Å². The summed E-state index contributed by atoms with van der Waals surface area (Å²) in [5.74, 6) is -2.98. The van der Waals surface area contributed by atoms with E-state index in [1.165, 1.54) is 26.2 Å². The van der Waals surface area contributed by atoms with Crippen LogP contribution in [0, 0.1) is 0 Å². The van der Waals surface area contributed by atoms with Gasteiger partial charge in [-0.3, -0.25) is 9.59 Å². The van der Waals surface area contributed by atoms with E-state index in [0.29, 0.717) is 6.42 Å². The van der Waals surface area contributed by atoms with Crippen molar-refractivity contribution in [3.63, 3.8) is 0 Å². The van der Waals surface area contributed by atoms with E-state index in [2.05, 4.69) is 13.5 Å². The van der Waals surface area contributed by atoms with Crippen molar-refractivity contribution in [2.45, 2.75) is 89.8 Å². The Hall–Kier alpha value is -1.93. The van der Waals surface area contributed by atoms with Crippen LogP contribution in [0.15, 0.2) is 12.2 Å². The van der Waals surface area contributed by atoms with Gasteiger partial charge < -0.3 is 24.1 Å². The zero-order valence-electron chi connectivity index (χ0n) is 17.0. The predicted octanol–water partition coefficient (Wildman–Crippen LogP) is 2.98. The molecule has 0 aromatic carbocycles. The van der Waals surface area contributed by atoms with Crippen LogP contribution in [0.2, 0.25) is 0 Å². The number of carboxylic acid groups (broad SMARTS) is 1. The van der Waals surface area contributed by atoms with Crippen molar-refractivity contribution in [3.8, 4) is 0 Å². The van der Waals surface area contributed by atoms with E-state index in [9.17, 15) is 19.5 Å². The first-order valence-corrected chi connectivity index (χ1v) is 9.74. The van der Waals surface area contributed by atoms with Gasteiger partial charge >= 0.3 is 11.9 Å². The Morgan fingerprint density at radius 1 is 1.21 bits per heavy atom. The van der Waals surface area contributed by atoms with Gasteiger partial charge in [0, 0.05) is 13.3 Å². The van der Waals surface area contributed by atoms with Crippen molar-refractivity contribution in [3.05, 3.63) is 12.2 Å². The number of carbonyl (C=O) groups excluding carboxylic acids is 2. The fourth-order valence-electron chi connectivity index (χ4n) is 3.28. The fourth-order valence-corrected chi connectivity index (χ4v) is 3.28. The largest absolute Gasteiger partial charge is 0.478 e. The number of aliphatic carboxylic acids is 1. The topological polar surface area (TPSA) is 108 Å². The van der Waals surface area contributed by atoms with Crippen molar-refractivity contribution in [1.82, 2.24) is 0 Å². The molecule has 0 aromatic heterocycles. The maximum absolute atomic E-state index is 11.5. The maximum Gasteiger partial charge on any atom is 0.334 e. The minimum atomic E-state index is -1.31. The second-order valence-electron chi connectivity index (χ2n) is 7.18. The molecule has 160 valence electrons. The molecule has 4 unspecified atom stereocenters. The smallest absolute Gasteiger partial charge is 0.334 e. The van der Waals surface area contributed by atoms with Crippen LogP contribution in [0.4, 0.5) is 0 Å². The summed E-state index contributed by atoms with van der Waals surface area (Å²) in [4.78, 5) is 33.5. The van der Waals surface area contributed by atoms with Gasteiger partial charge in [0.1, 0.15) is 18.8 Å². The zero-order chi connectivity index (χ0) is 21.2. The molecule has 0 saturated carbocycles. The second kappa shape index (κ2) is 11.8. The molecule has 1 aliphatic rings. The summed E-state index contributed by atoms with van der Waals surface area (Å²) in [6.45, 7) is 8.70. The molecule has 0 bridgehead atoms. The zero-order valence-corrected chi connectivity index (χ0v) is 17.0. The molecule has 28 heavy (non-hydrogen) atoms. The van der Waals surface area contributed by atoms with E-state index in [1.54, 1.807) is 6.92 Å². The minimum absolute atomic E-state index is 0.148. The summed E-state index contributed by atoms with van der Waals surface area (Å²) in [7, 11) is 0. The third kappa shape index (κ3) is 7.59. The lowest BCUT2D eigenvalue weighted by molar-refractivity contribution is -0.181. The number of hydrogen-bond acceptors (Lipinski definition) is 7. The summed E-state index contributed by atoms with van der Waals surface area (Å²) < 4.78 is 21.9. The summed E-state index contributed by atoms with van der Waals surface area (Å²) in [6.07, 6.45) is 4.18. The molecule has 0 aromatic rings. The monoisotopic (exact) mass is 400 g/mol. The van der Waals surface area contributed by atoms with E-state index < -0.39 is 36.0 Å². The van der Waals surface area contributed by atoms with E-state index in [-0.39, 0.29) is 18.7 Å². The van der Waals surface area contributed by atoms with Crippen molar-refractivity contribution in [2.24, 2.45) is 0 Å². The van der Waals surface area contributed by atoms with Crippen LogP contribution >= 0.6 is 0 Å². The summed E-state index contributed by atoms with van der Waals surface area (Å²) >= 11 is 0. The fraction of sp³-hybridized carbons (Fsp3) is 0.750. The van der Waals surface area contributed by atoms with Gasteiger partial charge in [0.05, 0.1) is 5.57 Å². The SMILES string of the molecule is C=C(C(=O)O)C(OC(C)=O)C1OC(C)(CCCCCCCC)OC1COC=O. The first-order chi connectivity index (χ1) is 13.2. The Morgan fingerprint density at radius 2 is 1.86 bits per heavy atom. The molecular weight excluding hydrogens is 368 g/mol. The van der Waals surface area contributed by atoms with Crippen molar-refractivity contribution in [1.29, 1.82) is 0 Å². The Balaban J connectivity index is 2.84. The molecule has 1 rings (SSSR count). The standard InChI is InChI=1S/C20H32O8/c1-5-6-7-8-9-10-11-20(4)27-16(12-25-13-21)18(28-20)17(26-15(3)22)14(2)19(23)24/h13,16-18H,2,5-12H2,1,3-4H3,(H,23,24). The Morgan fingerprint density at radius 3 is 2.43 bits per heavy atom.